The third-order valence-corrected chi connectivity index (χ3v) is 5.86. The van der Waals surface area contributed by atoms with Crippen molar-refractivity contribution in [1.82, 2.24) is 29.7 Å². The predicted octanol–water partition coefficient (Wildman–Crippen LogP) is 3.88. The fraction of sp³-hybridized carbons (Fsp3) is 0.125. The van der Waals surface area contributed by atoms with Gasteiger partial charge in [0, 0.05) is 11.4 Å². The number of fused-ring (bicyclic) bond motifs is 2. The van der Waals surface area contributed by atoms with Crippen molar-refractivity contribution < 1.29 is 4.79 Å². The summed E-state index contributed by atoms with van der Waals surface area (Å²) < 4.78 is 3.10. The smallest absolute Gasteiger partial charge is 0.264 e. The second-order valence-electron chi connectivity index (χ2n) is 7.69. The first-order valence-electron chi connectivity index (χ1n) is 10.3. The number of pyridine rings is 1. The molecule has 9 heteroatoms. The quantitative estimate of drug-likeness (QED) is 0.441. The van der Waals surface area contributed by atoms with E-state index >= 15 is 0 Å². The van der Waals surface area contributed by atoms with Crippen LogP contribution in [-0.2, 0) is 0 Å². The molecule has 5 rings (SSSR count). The van der Waals surface area contributed by atoms with E-state index in [0.29, 0.717) is 44.1 Å². The van der Waals surface area contributed by atoms with Gasteiger partial charge in [-0.3, -0.25) is 14.2 Å². The molecule has 0 saturated heterocycles. The van der Waals surface area contributed by atoms with Crippen LogP contribution in [0.15, 0.2) is 71.8 Å². The van der Waals surface area contributed by atoms with Crippen molar-refractivity contribution >= 4 is 33.9 Å². The first kappa shape index (κ1) is 20.8. The Labute approximate surface area is 193 Å². The van der Waals surface area contributed by atoms with Crippen LogP contribution in [0.25, 0.3) is 22.1 Å². The van der Waals surface area contributed by atoms with Crippen molar-refractivity contribution in [3.05, 3.63) is 99.3 Å². The van der Waals surface area contributed by atoms with Crippen molar-refractivity contribution in [3.63, 3.8) is 0 Å². The third-order valence-electron chi connectivity index (χ3n) is 5.54. The molecule has 5 aromatic rings. The Morgan fingerprint density at radius 2 is 1.91 bits per heavy atom. The average molecular weight is 459 g/mol. The molecule has 0 radical (unpaired) electrons. The van der Waals surface area contributed by atoms with Gasteiger partial charge in [-0.05, 0) is 43.5 Å². The number of hydrogen-bond donors (Lipinski definition) is 1. The molecule has 2 aromatic carbocycles. The lowest BCUT2D eigenvalue weighted by atomic mass is 10.1. The van der Waals surface area contributed by atoms with E-state index in [1.807, 2.05) is 49.4 Å². The number of nitrogens with zero attached hydrogens (tertiary/aromatic N) is 5. The number of amides is 1. The van der Waals surface area contributed by atoms with Gasteiger partial charge in [0.1, 0.15) is 5.56 Å². The lowest BCUT2D eigenvalue weighted by molar-refractivity contribution is 0.0939. The van der Waals surface area contributed by atoms with Gasteiger partial charge < -0.3 is 5.32 Å². The highest BCUT2D eigenvalue weighted by Crippen LogP contribution is 2.26. The molecule has 1 amide bonds. The molecular formula is C24H19ClN6O2. The summed E-state index contributed by atoms with van der Waals surface area (Å²) >= 11 is 6.37. The first-order chi connectivity index (χ1) is 16.0. The van der Waals surface area contributed by atoms with Crippen LogP contribution in [0.5, 0.6) is 0 Å². The van der Waals surface area contributed by atoms with Crippen LogP contribution in [0.2, 0.25) is 5.02 Å². The van der Waals surface area contributed by atoms with Crippen LogP contribution in [0, 0.1) is 6.92 Å². The number of carbonyl (C=O) groups excluding carboxylic acids is 1. The topological polar surface area (TPSA) is 94.2 Å². The fourth-order valence-electron chi connectivity index (χ4n) is 4.03. The Morgan fingerprint density at radius 3 is 2.70 bits per heavy atom. The number of carbonyl (C=O) groups is 1. The summed E-state index contributed by atoms with van der Waals surface area (Å²) in [7, 11) is 0. The molecule has 0 aliphatic carbocycles. The molecule has 33 heavy (non-hydrogen) atoms. The maximum Gasteiger partial charge on any atom is 0.264 e. The van der Waals surface area contributed by atoms with Crippen molar-refractivity contribution in [3.8, 4) is 5.69 Å². The molecule has 3 heterocycles. The van der Waals surface area contributed by atoms with E-state index in [4.69, 9.17) is 11.6 Å². The molecule has 0 spiro atoms. The summed E-state index contributed by atoms with van der Waals surface area (Å²) in [5, 5.41) is 16.8. The minimum Gasteiger partial charge on any atom is -0.344 e. The lowest BCUT2D eigenvalue weighted by Crippen LogP contribution is -2.32. The Morgan fingerprint density at radius 1 is 1.12 bits per heavy atom. The molecule has 1 atom stereocenters. The van der Waals surface area contributed by atoms with Gasteiger partial charge in [0.25, 0.3) is 11.5 Å². The molecule has 0 bridgehead atoms. The van der Waals surface area contributed by atoms with Crippen LogP contribution < -0.4 is 10.9 Å². The molecule has 0 saturated carbocycles. The third kappa shape index (κ3) is 3.54. The van der Waals surface area contributed by atoms with Crippen LogP contribution in [-0.4, -0.2) is 30.3 Å². The van der Waals surface area contributed by atoms with Crippen LogP contribution in [0.3, 0.4) is 0 Å². The van der Waals surface area contributed by atoms with Gasteiger partial charge in [-0.2, -0.15) is 10.2 Å². The Hall–Kier alpha value is -4.04. The Kier molecular flexibility index (Phi) is 5.14. The number of aryl methyl sites for hydroxylation is 1. The van der Waals surface area contributed by atoms with Crippen molar-refractivity contribution in [1.29, 1.82) is 0 Å². The van der Waals surface area contributed by atoms with Gasteiger partial charge in [-0.15, -0.1) is 5.10 Å². The summed E-state index contributed by atoms with van der Waals surface area (Å²) in [5.74, 6) is -0.353. The highest BCUT2D eigenvalue weighted by atomic mass is 35.5. The summed E-state index contributed by atoms with van der Waals surface area (Å²) in [6, 6.07) is 16.0. The predicted molar refractivity (Wildman–Crippen MR) is 126 cm³/mol. The van der Waals surface area contributed by atoms with E-state index in [9.17, 15) is 9.59 Å². The minimum atomic E-state index is -0.514. The van der Waals surface area contributed by atoms with Crippen LogP contribution >= 0.6 is 11.6 Å². The summed E-state index contributed by atoms with van der Waals surface area (Å²) in [5.41, 5.74) is 2.29. The molecule has 1 N–H and O–H groups in total. The zero-order valence-corrected chi connectivity index (χ0v) is 18.6. The lowest BCUT2D eigenvalue weighted by Gasteiger charge is -2.21. The van der Waals surface area contributed by atoms with Crippen molar-refractivity contribution in [2.24, 2.45) is 0 Å². The van der Waals surface area contributed by atoms with E-state index in [1.54, 1.807) is 29.8 Å². The summed E-state index contributed by atoms with van der Waals surface area (Å²) in [6.07, 6.45) is 3.14. The number of halogens is 1. The molecule has 0 unspecified atom stereocenters. The van der Waals surface area contributed by atoms with Crippen molar-refractivity contribution in [2.45, 2.75) is 19.9 Å². The standard InChI is InChI=1S/C24H19ClN6O2/c1-14(27-23(32)20-15(2)29-30-12-11-26-28-22(20)30)19-13-16-7-6-10-18(25)21(16)24(33)31(19)17-8-4-3-5-9-17/h3-14H,1-2H3,(H,27,32)/t14-/m0/s1. The van der Waals surface area contributed by atoms with E-state index < -0.39 is 6.04 Å². The van der Waals surface area contributed by atoms with Crippen LogP contribution in [0.4, 0.5) is 0 Å². The Bertz CT molecular complexity index is 1580. The molecular weight excluding hydrogens is 440 g/mol. The minimum absolute atomic E-state index is 0.251. The van der Waals surface area contributed by atoms with Gasteiger partial charge in [0.05, 0.1) is 34.5 Å². The molecule has 0 aliphatic heterocycles. The molecule has 8 nitrogen and oxygen atoms in total. The maximum atomic E-state index is 13.6. The maximum absolute atomic E-state index is 13.6. The molecule has 0 aliphatic rings. The number of benzene rings is 2. The molecule has 0 fully saturated rings. The number of rotatable bonds is 4. The largest absolute Gasteiger partial charge is 0.344 e. The monoisotopic (exact) mass is 458 g/mol. The number of aromatic nitrogens is 5. The Balaban J connectivity index is 1.64. The van der Waals surface area contributed by atoms with E-state index in [0.717, 1.165) is 0 Å². The van der Waals surface area contributed by atoms with Gasteiger partial charge in [-0.25, -0.2) is 4.52 Å². The van der Waals surface area contributed by atoms with E-state index in [-0.39, 0.29) is 11.5 Å². The fourth-order valence-corrected chi connectivity index (χ4v) is 4.29. The zero-order chi connectivity index (χ0) is 23.1. The number of nitrogens with one attached hydrogen (secondary N) is 1. The van der Waals surface area contributed by atoms with Crippen molar-refractivity contribution in [2.75, 3.05) is 0 Å². The molecule has 164 valence electrons. The van der Waals surface area contributed by atoms with Crippen LogP contribution in [0.1, 0.15) is 34.7 Å². The SMILES string of the molecule is Cc1nn2ccnnc2c1C(=O)N[C@@H](C)c1cc2cccc(Cl)c2c(=O)n1-c1ccccc1. The first-order valence-corrected chi connectivity index (χ1v) is 10.7. The van der Waals surface area contributed by atoms with E-state index in [2.05, 4.69) is 20.6 Å². The highest BCUT2D eigenvalue weighted by molar-refractivity contribution is 6.35. The van der Waals surface area contributed by atoms with Gasteiger partial charge in [-0.1, -0.05) is 41.9 Å². The zero-order valence-electron chi connectivity index (χ0n) is 17.9. The van der Waals surface area contributed by atoms with Gasteiger partial charge in [0.15, 0.2) is 5.65 Å². The highest BCUT2D eigenvalue weighted by Gasteiger charge is 2.23. The van der Waals surface area contributed by atoms with Gasteiger partial charge in [0.2, 0.25) is 0 Å². The molecule has 3 aromatic heterocycles. The second-order valence-corrected chi connectivity index (χ2v) is 8.09. The summed E-state index contributed by atoms with van der Waals surface area (Å²) in [6.45, 7) is 3.57. The number of hydrogen-bond acceptors (Lipinski definition) is 5. The van der Waals surface area contributed by atoms with E-state index in [1.165, 1.54) is 10.7 Å². The second kappa shape index (κ2) is 8.14. The average Bonchev–Trinajstić information content (AvgIpc) is 3.15. The van der Waals surface area contributed by atoms with Gasteiger partial charge >= 0.3 is 0 Å². The number of para-hydroxylation sites is 1. The normalized spacial score (nSPS) is 12.2. The summed E-state index contributed by atoms with van der Waals surface area (Å²) in [4.78, 5) is 26.8.